The molecular formula is C14H23NO2. The summed E-state index contributed by atoms with van der Waals surface area (Å²) >= 11 is 0. The molecule has 0 aliphatic carbocycles. The summed E-state index contributed by atoms with van der Waals surface area (Å²) in [5.74, 6) is 0.933. The van der Waals surface area contributed by atoms with E-state index in [9.17, 15) is 0 Å². The smallest absolute Gasteiger partial charge is 0.119 e. The summed E-state index contributed by atoms with van der Waals surface area (Å²) in [6.07, 6.45) is 2.24. The van der Waals surface area contributed by atoms with E-state index < -0.39 is 0 Å². The van der Waals surface area contributed by atoms with Gasteiger partial charge in [0.25, 0.3) is 0 Å². The number of benzene rings is 1. The topological polar surface area (TPSA) is 30.5 Å². The second-order valence-electron chi connectivity index (χ2n) is 3.99. The molecule has 0 saturated heterocycles. The van der Waals surface area contributed by atoms with E-state index in [4.69, 9.17) is 9.47 Å². The molecule has 1 aromatic rings. The molecule has 0 unspecified atom stereocenters. The summed E-state index contributed by atoms with van der Waals surface area (Å²) in [5.41, 5.74) is 1.15. The van der Waals surface area contributed by atoms with Gasteiger partial charge in [-0.3, -0.25) is 0 Å². The lowest BCUT2D eigenvalue weighted by Crippen LogP contribution is -2.14. The number of hydrogen-bond acceptors (Lipinski definition) is 3. The van der Waals surface area contributed by atoms with Crippen molar-refractivity contribution >= 4 is 0 Å². The molecule has 1 aromatic carbocycles. The third-order valence-corrected chi connectivity index (χ3v) is 2.48. The maximum absolute atomic E-state index is 5.69. The summed E-state index contributed by atoms with van der Waals surface area (Å²) in [4.78, 5) is 0. The van der Waals surface area contributed by atoms with Gasteiger partial charge in [0.2, 0.25) is 0 Å². The van der Waals surface area contributed by atoms with Crippen molar-refractivity contribution in [3.8, 4) is 5.75 Å². The van der Waals surface area contributed by atoms with Crippen molar-refractivity contribution in [2.24, 2.45) is 0 Å². The molecule has 0 spiro atoms. The molecule has 3 heteroatoms. The van der Waals surface area contributed by atoms with Gasteiger partial charge in [0.05, 0.1) is 13.2 Å². The Kier molecular flexibility index (Phi) is 7.43. The Morgan fingerprint density at radius 3 is 2.88 bits per heavy atom. The van der Waals surface area contributed by atoms with Crippen LogP contribution in [0.4, 0.5) is 0 Å². The Morgan fingerprint density at radius 1 is 1.24 bits per heavy atom. The zero-order chi connectivity index (χ0) is 12.3. The zero-order valence-electron chi connectivity index (χ0n) is 10.9. The van der Waals surface area contributed by atoms with Crippen molar-refractivity contribution in [1.82, 2.24) is 5.32 Å². The van der Waals surface area contributed by atoms with E-state index >= 15 is 0 Å². The molecule has 0 radical (unpaired) electrons. The van der Waals surface area contributed by atoms with Gasteiger partial charge in [0, 0.05) is 7.11 Å². The molecule has 0 amide bonds. The van der Waals surface area contributed by atoms with E-state index in [1.807, 2.05) is 24.3 Å². The molecule has 1 rings (SSSR count). The van der Waals surface area contributed by atoms with Gasteiger partial charge >= 0.3 is 0 Å². The standard InChI is InChI=1S/C14H23NO2/c1-3-15-9-4-5-10-17-14-8-6-7-13(11-14)12-16-2/h6-8,11,15H,3-5,9-10,12H2,1-2H3. The highest BCUT2D eigenvalue weighted by Crippen LogP contribution is 2.14. The lowest BCUT2D eigenvalue weighted by atomic mass is 10.2. The molecule has 96 valence electrons. The minimum Gasteiger partial charge on any atom is -0.494 e. The zero-order valence-corrected chi connectivity index (χ0v) is 10.9. The number of hydrogen-bond donors (Lipinski definition) is 1. The summed E-state index contributed by atoms with van der Waals surface area (Å²) in [6, 6.07) is 8.07. The highest BCUT2D eigenvalue weighted by Gasteiger charge is 1.96. The molecule has 0 aliphatic rings. The molecule has 1 N–H and O–H groups in total. The monoisotopic (exact) mass is 237 g/mol. The van der Waals surface area contributed by atoms with Gasteiger partial charge in [0.1, 0.15) is 5.75 Å². The molecule has 0 fully saturated rings. The van der Waals surface area contributed by atoms with E-state index in [0.29, 0.717) is 6.61 Å². The predicted octanol–water partition coefficient (Wildman–Crippen LogP) is 2.60. The van der Waals surface area contributed by atoms with Crippen molar-refractivity contribution < 1.29 is 9.47 Å². The Labute approximate surface area is 104 Å². The third-order valence-electron chi connectivity index (χ3n) is 2.48. The minimum absolute atomic E-state index is 0.637. The maximum atomic E-state index is 5.69. The first-order chi connectivity index (χ1) is 8.36. The first-order valence-electron chi connectivity index (χ1n) is 6.28. The van der Waals surface area contributed by atoms with Gasteiger partial charge < -0.3 is 14.8 Å². The van der Waals surface area contributed by atoms with Gasteiger partial charge in [-0.2, -0.15) is 0 Å². The third kappa shape index (κ3) is 6.29. The number of rotatable bonds is 9. The van der Waals surface area contributed by atoms with Gasteiger partial charge in [-0.05, 0) is 43.6 Å². The maximum Gasteiger partial charge on any atom is 0.119 e. The van der Waals surface area contributed by atoms with Crippen LogP contribution in [0.5, 0.6) is 5.75 Å². The minimum atomic E-state index is 0.637. The van der Waals surface area contributed by atoms with Crippen molar-refractivity contribution in [2.75, 3.05) is 26.8 Å². The molecule has 0 atom stereocenters. The summed E-state index contributed by atoms with van der Waals surface area (Å²) in [5, 5.41) is 3.30. The summed E-state index contributed by atoms with van der Waals surface area (Å²) in [6.45, 7) is 5.65. The Morgan fingerprint density at radius 2 is 2.12 bits per heavy atom. The normalized spacial score (nSPS) is 10.5. The van der Waals surface area contributed by atoms with Crippen LogP contribution < -0.4 is 10.1 Å². The Bertz CT molecular complexity index is 302. The molecule has 0 aliphatic heterocycles. The van der Waals surface area contributed by atoms with Crippen molar-refractivity contribution in [3.63, 3.8) is 0 Å². The van der Waals surface area contributed by atoms with Crippen molar-refractivity contribution in [1.29, 1.82) is 0 Å². The van der Waals surface area contributed by atoms with Crippen LogP contribution in [0.3, 0.4) is 0 Å². The number of ether oxygens (including phenoxy) is 2. The number of unbranched alkanes of at least 4 members (excludes halogenated alkanes) is 1. The number of methoxy groups -OCH3 is 1. The first-order valence-corrected chi connectivity index (χ1v) is 6.28. The second kappa shape index (κ2) is 9.02. The highest BCUT2D eigenvalue weighted by molar-refractivity contribution is 5.28. The Hall–Kier alpha value is -1.06. The van der Waals surface area contributed by atoms with E-state index in [-0.39, 0.29) is 0 Å². The molecule has 0 heterocycles. The van der Waals surface area contributed by atoms with Crippen molar-refractivity contribution in [3.05, 3.63) is 29.8 Å². The lowest BCUT2D eigenvalue weighted by Gasteiger charge is -2.08. The quantitative estimate of drug-likeness (QED) is 0.670. The van der Waals surface area contributed by atoms with E-state index in [1.165, 1.54) is 0 Å². The van der Waals surface area contributed by atoms with Crippen LogP contribution in [0.15, 0.2) is 24.3 Å². The SMILES string of the molecule is CCNCCCCOc1cccc(COC)c1. The molecule has 0 aromatic heterocycles. The average molecular weight is 237 g/mol. The second-order valence-corrected chi connectivity index (χ2v) is 3.99. The highest BCUT2D eigenvalue weighted by atomic mass is 16.5. The largest absolute Gasteiger partial charge is 0.494 e. The molecular weight excluding hydrogens is 214 g/mol. The number of nitrogens with one attached hydrogen (secondary N) is 1. The fourth-order valence-corrected chi connectivity index (χ4v) is 1.61. The average Bonchev–Trinajstić information content (AvgIpc) is 2.35. The fourth-order valence-electron chi connectivity index (χ4n) is 1.61. The van der Waals surface area contributed by atoms with Gasteiger partial charge in [0.15, 0.2) is 0 Å². The van der Waals surface area contributed by atoms with Gasteiger partial charge in [-0.1, -0.05) is 19.1 Å². The van der Waals surface area contributed by atoms with Crippen LogP contribution in [0, 0.1) is 0 Å². The molecule has 0 saturated carbocycles. The van der Waals surface area contributed by atoms with Gasteiger partial charge in [-0.25, -0.2) is 0 Å². The van der Waals surface area contributed by atoms with Crippen LogP contribution in [-0.2, 0) is 11.3 Å². The van der Waals surface area contributed by atoms with E-state index in [2.05, 4.69) is 12.2 Å². The predicted molar refractivity (Wildman–Crippen MR) is 70.4 cm³/mol. The fraction of sp³-hybridized carbons (Fsp3) is 0.571. The van der Waals surface area contributed by atoms with E-state index in [1.54, 1.807) is 7.11 Å². The summed E-state index contributed by atoms with van der Waals surface area (Å²) in [7, 11) is 1.70. The molecule has 3 nitrogen and oxygen atoms in total. The molecule has 17 heavy (non-hydrogen) atoms. The lowest BCUT2D eigenvalue weighted by molar-refractivity contribution is 0.184. The van der Waals surface area contributed by atoms with Crippen LogP contribution in [0.25, 0.3) is 0 Å². The van der Waals surface area contributed by atoms with Gasteiger partial charge in [-0.15, -0.1) is 0 Å². The van der Waals surface area contributed by atoms with Crippen molar-refractivity contribution in [2.45, 2.75) is 26.4 Å². The molecule has 0 bridgehead atoms. The first kappa shape index (κ1) is 14.0. The van der Waals surface area contributed by atoms with Crippen LogP contribution in [0.1, 0.15) is 25.3 Å². The Balaban J connectivity index is 2.19. The van der Waals surface area contributed by atoms with Crippen LogP contribution in [0.2, 0.25) is 0 Å². The van der Waals surface area contributed by atoms with E-state index in [0.717, 1.165) is 43.9 Å². The summed E-state index contributed by atoms with van der Waals surface area (Å²) < 4.78 is 10.8. The van der Waals surface area contributed by atoms with Crippen LogP contribution >= 0.6 is 0 Å². The van der Waals surface area contributed by atoms with Crippen LogP contribution in [-0.4, -0.2) is 26.8 Å².